The van der Waals surface area contributed by atoms with Gasteiger partial charge in [-0.05, 0) is 55.5 Å². The van der Waals surface area contributed by atoms with E-state index in [4.69, 9.17) is 0 Å². The molecule has 0 saturated carbocycles. The number of amides is 1. The Morgan fingerprint density at radius 1 is 1.19 bits per heavy atom. The molecule has 1 fully saturated rings. The summed E-state index contributed by atoms with van der Waals surface area (Å²) in [5.74, 6) is 0.210. The van der Waals surface area contributed by atoms with E-state index in [9.17, 15) is 9.18 Å². The van der Waals surface area contributed by atoms with E-state index in [0.29, 0.717) is 24.2 Å². The number of benzene rings is 2. The minimum atomic E-state index is -0.193. The van der Waals surface area contributed by atoms with Gasteiger partial charge in [-0.2, -0.15) is 5.10 Å². The van der Waals surface area contributed by atoms with Crippen molar-refractivity contribution >= 4 is 16.8 Å². The Kier molecular flexibility index (Phi) is 5.16. The van der Waals surface area contributed by atoms with Crippen LogP contribution >= 0.6 is 0 Å². The van der Waals surface area contributed by atoms with Gasteiger partial charge in [-0.3, -0.25) is 9.89 Å². The molecule has 1 aliphatic heterocycles. The van der Waals surface area contributed by atoms with Gasteiger partial charge in [0.2, 0.25) is 0 Å². The minimum Gasteiger partial charge on any atom is -0.351 e. The van der Waals surface area contributed by atoms with E-state index in [2.05, 4.69) is 20.8 Å². The van der Waals surface area contributed by atoms with Crippen LogP contribution in [0.2, 0.25) is 0 Å². The Morgan fingerprint density at radius 2 is 2.00 bits per heavy atom. The molecule has 3 aromatic rings. The van der Waals surface area contributed by atoms with Crippen molar-refractivity contribution in [2.24, 2.45) is 5.92 Å². The quantitative estimate of drug-likeness (QED) is 0.628. The third-order valence-corrected chi connectivity index (χ3v) is 5.21. The van der Waals surface area contributed by atoms with Crippen LogP contribution in [0.5, 0.6) is 0 Å². The van der Waals surface area contributed by atoms with Gasteiger partial charge in [0.25, 0.3) is 5.91 Å². The highest BCUT2D eigenvalue weighted by atomic mass is 19.1. The monoisotopic (exact) mass is 366 g/mol. The number of aromatic nitrogens is 2. The molecule has 140 valence electrons. The number of para-hydroxylation sites is 1. The van der Waals surface area contributed by atoms with Gasteiger partial charge >= 0.3 is 0 Å². The molecule has 3 N–H and O–H groups in total. The number of carbonyl (C=O) groups is 1. The summed E-state index contributed by atoms with van der Waals surface area (Å²) in [6.45, 7) is 1.57. The van der Waals surface area contributed by atoms with Crippen LogP contribution in [0, 0.1) is 11.7 Å². The highest BCUT2D eigenvalue weighted by Gasteiger charge is 2.24. The van der Waals surface area contributed by atoms with Crippen LogP contribution in [0.15, 0.2) is 48.5 Å². The molecule has 1 saturated heterocycles. The molecule has 1 aromatic heterocycles. The zero-order chi connectivity index (χ0) is 18.6. The van der Waals surface area contributed by atoms with E-state index >= 15 is 0 Å². The Labute approximate surface area is 157 Å². The molecule has 4 rings (SSSR count). The van der Waals surface area contributed by atoms with E-state index in [1.807, 2.05) is 36.4 Å². The van der Waals surface area contributed by atoms with Crippen LogP contribution in [0.3, 0.4) is 0 Å². The van der Waals surface area contributed by atoms with Crippen molar-refractivity contribution < 1.29 is 9.18 Å². The predicted octanol–water partition coefficient (Wildman–Crippen LogP) is 3.04. The first-order valence-corrected chi connectivity index (χ1v) is 9.38. The molecular weight excluding hydrogens is 343 g/mol. The first-order chi connectivity index (χ1) is 13.2. The van der Waals surface area contributed by atoms with Crippen LogP contribution in [0.1, 0.15) is 28.9 Å². The Morgan fingerprint density at radius 3 is 2.85 bits per heavy atom. The third kappa shape index (κ3) is 4.17. The highest BCUT2D eigenvalue weighted by molar-refractivity contribution is 6.04. The zero-order valence-electron chi connectivity index (χ0n) is 15.0. The van der Waals surface area contributed by atoms with E-state index in [1.165, 1.54) is 17.7 Å². The van der Waals surface area contributed by atoms with E-state index in [0.717, 1.165) is 36.7 Å². The van der Waals surface area contributed by atoms with Gasteiger partial charge in [-0.1, -0.05) is 30.3 Å². The minimum absolute atomic E-state index is 0.145. The fraction of sp³-hybridized carbons (Fsp3) is 0.333. The van der Waals surface area contributed by atoms with Crippen molar-refractivity contribution in [1.82, 2.24) is 20.8 Å². The summed E-state index contributed by atoms with van der Waals surface area (Å²) in [5.41, 5.74) is 2.48. The largest absolute Gasteiger partial charge is 0.351 e. The molecule has 27 heavy (non-hydrogen) atoms. The molecule has 0 spiro atoms. The maximum absolute atomic E-state index is 13.0. The number of rotatable bonds is 6. The molecule has 2 atom stereocenters. The van der Waals surface area contributed by atoms with Gasteiger partial charge in [-0.15, -0.1) is 0 Å². The zero-order valence-corrected chi connectivity index (χ0v) is 15.0. The number of hydrogen-bond acceptors (Lipinski definition) is 3. The Hall–Kier alpha value is -2.73. The second kappa shape index (κ2) is 7.88. The lowest BCUT2D eigenvalue weighted by atomic mass is 9.96. The first-order valence-electron chi connectivity index (χ1n) is 9.38. The number of halogens is 1. The predicted molar refractivity (Wildman–Crippen MR) is 103 cm³/mol. The van der Waals surface area contributed by atoms with Crippen molar-refractivity contribution in [3.05, 3.63) is 65.6 Å². The van der Waals surface area contributed by atoms with Crippen LogP contribution in [0.25, 0.3) is 10.9 Å². The first kappa shape index (κ1) is 17.7. The molecule has 2 unspecified atom stereocenters. The summed E-state index contributed by atoms with van der Waals surface area (Å²) in [6, 6.07) is 14.8. The van der Waals surface area contributed by atoms with Crippen LogP contribution < -0.4 is 10.6 Å². The van der Waals surface area contributed by atoms with Crippen molar-refractivity contribution in [3.8, 4) is 0 Å². The summed E-state index contributed by atoms with van der Waals surface area (Å²) in [5, 5.41) is 14.4. The average molecular weight is 366 g/mol. The Balaban J connectivity index is 1.24. The number of nitrogens with zero attached hydrogens (tertiary/aromatic N) is 1. The molecule has 0 aliphatic carbocycles. The molecule has 2 heterocycles. The number of fused-ring (bicyclic) bond motifs is 1. The Bertz CT molecular complexity index is 921. The van der Waals surface area contributed by atoms with Gasteiger partial charge in [0.1, 0.15) is 5.82 Å². The fourth-order valence-corrected chi connectivity index (χ4v) is 3.81. The van der Waals surface area contributed by atoms with Gasteiger partial charge < -0.3 is 10.6 Å². The highest BCUT2D eigenvalue weighted by Crippen LogP contribution is 2.21. The molecule has 1 aliphatic rings. The molecule has 2 aromatic carbocycles. The number of nitrogens with one attached hydrogen (secondary N) is 3. The summed E-state index contributed by atoms with van der Waals surface area (Å²) >= 11 is 0. The van der Waals surface area contributed by atoms with Gasteiger partial charge in [0.15, 0.2) is 5.69 Å². The van der Waals surface area contributed by atoms with Crippen molar-refractivity contribution in [1.29, 1.82) is 0 Å². The number of aromatic amines is 1. The lowest BCUT2D eigenvalue weighted by Gasteiger charge is -2.11. The van der Waals surface area contributed by atoms with Crippen LogP contribution in [0.4, 0.5) is 4.39 Å². The molecule has 0 bridgehead atoms. The van der Waals surface area contributed by atoms with Crippen molar-refractivity contribution in [2.75, 3.05) is 13.1 Å². The number of H-pyrrole nitrogens is 1. The molecule has 6 heteroatoms. The molecule has 0 radical (unpaired) electrons. The van der Waals surface area contributed by atoms with Gasteiger partial charge in [-0.25, -0.2) is 4.39 Å². The van der Waals surface area contributed by atoms with Gasteiger partial charge in [0.05, 0.1) is 5.52 Å². The second-order valence-corrected chi connectivity index (χ2v) is 7.20. The summed E-state index contributed by atoms with van der Waals surface area (Å²) in [6.07, 6.45) is 2.90. The van der Waals surface area contributed by atoms with E-state index in [-0.39, 0.29) is 11.7 Å². The number of hydrogen-bond donors (Lipinski definition) is 3. The number of carbonyl (C=O) groups excluding carboxylic acids is 1. The SMILES string of the molecule is O=C(NCCC1CC(Cc2ccc(F)cc2)CN1)c1n[nH]c2ccccc12. The molecule has 1 amide bonds. The van der Waals surface area contributed by atoms with Gasteiger partial charge in [0, 0.05) is 18.0 Å². The topological polar surface area (TPSA) is 69.8 Å². The summed E-state index contributed by atoms with van der Waals surface area (Å²) < 4.78 is 13.0. The smallest absolute Gasteiger partial charge is 0.272 e. The summed E-state index contributed by atoms with van der Waals surface area (Å²) in [4.78, 5) is 12.4. The molecule has 5 nitrogen and oxygen atoms in total. The van der Waals surface area contributed by atoms with E-state index < -0.39 is 0 Å². The lowest BCUT2D eigenvalue weighted by Crippen LogP contribution is -2.30. The second-order valence-electron chi connectivity index (χ2n) is 7.20. The van der Waals surface area contributed by atoms with Crippen molar-refractivity contribution in [3.63, 3.8) is 0 Å². The summed E-state index contributed by atoms with van der Waals surface area (Å²) in [7, 11) is 0. The standard InChI is InChI=1S/C21H23FN4O/c22-16-7-5-14(6-8-16)11-15-12-17(24-13-15)9-10-23-21(27)20-18-3-1-2-4-19(18)25-26-20/h1-8,15,17,24H,9-13H2,(H,23,27)(H,25,26). The van der Waals surface area contributed by atoms with E-state index in [1.54, 1.807) is 0 Å². The third-order valence-electron chi connectivity index (χ3n) is 5.21. The fourth-order valence-electron chi connectivity index (χ4n) is 3.81. The van der Waals surface area contributed by atoms with Crippen molar-refractivity contribution in [2.45, 2.75) is 25.3 Å². The lowest BCUT2D eigenvalue weighted by molar-refractivity contribution is 0.0949. The normalized spacial score (nSPS) is 19.4. The van der Waals surface area contributed by atoms with Crippen LogP contribution in [-0.4, -0.2) is 35.2 Å². The molecular formula is C21H23FN4O. The average Bonchev–Trinajstić information content (AvgIpc) is 3.30. The maximum Gasteiger partial charge on any atom is 0.272 e. The maximum atomic E-state index is 13.0. The van der Waals surface area contributed by atoms with Crippen LogP contribution in [-0.2, 0) is 6.42 Å².